The molecule has 13 heteroatoms. The van der Waals surface area contributed by atoms with E-state index in [1.165, 1.54) is 21.9 Å². The monoisotopic (exact) mass is 542 g/mol. The number of pyridine rings is 1. The van der Waals surface area contributed by atoms with Crippen LogP contribution in [-0.4, -0.2) is 67.1 Å². The molecule has 0 bridgehead atoms. The molecule has 1 atom stereocenters. The first kappa shape index (κ1) is 26.1. The summed E-state index contributed by atoms with van der Waals surface area (Å²) < 4.78 is 61.2. The molecule has 4 aromatic rings. The van der Waals surface area contributed by atoms with Gasteiger partial charge in [0.2, 0.25) is 0 Å². The number of aromatic nitrogens is 4. The number of imidazole rings is 1. The minimum Gasteiger partial charge on any atom is -0.443 e. The number of rotatable bonds is 4. The topological polar surface area (TPSA) is 92.9 Å². The molecule has 1 aliphatic heterocycles. The number of fused-ring (bicyclic) bond motifs is 1. The van der Waals surface area contributed by atoms with Crippen molar-refractivity contribution in [2.24, 2.45) is 0 Å². The zero-order valence-electron chi connectivity index (χ0n) is 20.6. The summed E-state index contributed by atoms with van der Waals surface area (Å²) in [5.41, 5.74) is -1.02. The first-order valence-corrected chi connectivity index (χ1v) is 12.0. The van der Waals surface area contributed by atoms with E-state index in [4.69, 9.17) is 4.74 Å². The average Bonchev–Trinajstić information content (AvgIpc) is 3.35. The van der Waals surface area contributed by atoms with Crippen LogP contribution in [0.4, 0.5) is 22.4 Å². The lowest BCUT2D eigenvalue weighted by Crippen LogP contribution is -2.55. The van der Waals surface area contributed by atoms with Crippen LogP contribution >= 0.6 is 0 Å². The number of ether oxygens (including phenoxy) is 1. The van der Waals surface area contributed by atoms with E-state index < -0.39 is 41.2 Å². The summed E-state index contributed by atoms with van der Waals surface area (Å²) in [6.45, 7) is 2.18. The molecule has 1 aromatic carbocycles. The van der Waals surface area contributed by atoms with E-state index in [1.807, 2.05) is 0 Å². The number of benzene rings is 1. The van der Waals surface area contributed by atoms with Crippen LogP contribution in [0.5, 0.6) is 0 Å². The second kappa shape index (κ2) is 10.3. The molecule has 1 aliphatic rings. The first-order chi connectivity index (χ1) is 18.6. The van der Waals surface area contributed by atoms with Crippen LogP contribution in [-0.2, 0) is 17.5 Å². The SMILES string of the molecule is CC1CN(C(=O)c2cn3nc(-c4ccc(F)cc4)cc(C(F)(F)F)c3n2)CCN1C(=O)OCc1ccccn1. The number of halogens is 4. The van der Waals surface area contributed by atoms with Crippen molar-refractivity contribution in [1.82, 2.24) is 29.4 Å². The van der Waals surface area contributed by atoms with Gasteiger partial charge in [-0.25, -0.2) is 18.7 Å². The number of hydrogen-bond donors (Lipinski definition) is 0. The van der Waals surface area contributed by atoms with Gasteiger partial charge in [-0.2, -0.15) is 18.3 Å². The highest BCUT2D eigenvalue weighted by Gasteiger charge is 2.37. The third-order valence-corrected chi connectivity index (χ3v) is 6.31. The Bertz CT molecular complexity index is 1510. The normalized spacial score (nSPS) is 16.0. The summed E-state index contributed by atoms with van der Waals surface area (Å²) in [6.07, 6.45) is -2.61. The van der Waals surface area contributed by atoms with Crippen molar-refractivity contribution < 1.29 is 31.9 Å². The lowest BCUT2D eigenvalue weighted by Gasteiger charge is -2.38. The predicted octanol–water partition coefficient (Wildman–Crippen LogP) is 4.43. The van der Waals surface area contributed by atoms with E-state index in [9.17, 15) is 27.2 Å². The Morgan fingerprint density at radius 3 is 2.54 bits per heavy atom. The van der Waals surface area contributed by atoms with E-state index in [-0.39, 0.29) is 43.2 Å². The van der Waals surface area contributed by atoms with Gasteiger partial charge in [0.1, 0.15) is 23.7 Å². The summed E-state index contributed by atoms with van der Waals surface area (Å²) >= 11 is 0. The number of alkyl halides is 3. The highest BCUT2D eigenvalue weighted by atomic mass is 19.4. The van der Waals surface area contributed by atoms with Crippen molar-refractivity contribution in [2.45, 2.75) is 25.7 Å². The number of hydrogen-bond acceptors (Lipinski definition) is 6. The largest absolute Gasteiger partial charge is 0.443 e. The van der Waals surface area contributed by atoms with Gasteiger partial charge in [-0.3, -0.25) is 9.78 Å². The number of amides is 2. The molecule has 0 N–H and O–H groups in total. The Balaban J connectivity index is 1.34. The Hall–Kier alpha value is -4.55. The maximum Gasteiger partial charge on any atom is 0.420 e. The van der Waals surface area contributed by atoms with Gasteiger partial charge >= 0.3 is 12.3 Å². The summed E-state index contributed by atoms with van der Waals surface area (Å²) in [5.74, 6) is -1.13. The molecular weight excluding hydrogens is 520 g/mol. The van der Waals surface area contributed by atoms with E-state index in [0.717, 1.165) is 28.9 Å². The first-order valence-electron chi connectivity index (χ1n) is 12.0. The van der Waals surface area contributed by atoms with Gasteiger partial charge in [-0.05, 0) is 49.4 Å². The second-order valence-electron chi connectivity index (χ2n) is 9.01. The third-order valence-electron chi connectivity index (χ3n) is 6.31. The zero-order valence-corrected chi connectivity index (χ0v) is 20.6. The molecule has 2 amide bonds. The molecule has 1 unspecified atom stereocenters. The quantitative estimate of drug-likeness (QED) is 0.354. The minimum atomic E-state index is -4.78. The molecule has 9 nitrogen and oxygen atoms in total. The van der Waals surface area contributed by atoms with Crippen LogP contribution in [0.3, 0.4) is 0 Å². The molecule has 1 saturated heterocycles. The Morgan fingerprint density at radius 1 is 1.10 bits per heavy atom. The molecule has 39 heavy (non-hydrogen) atoms. The standard InChI is InChI=1S/C26H22F4N6O3/c1-16-13-34(10-11-35(16)25(38)39-15-19-4-2-3-9-31-19)24(37)22-14-36-23(32-22)20(26(28,29)30)12-21(33-36)17-5-7-18(27)8-6-17/h2-9,12,14,16H,10-11,13,15H2,1H3. The number of nitrogens with zero attached hydrogens (tertiary/aromatic N) is 6. The van der Waals surface area contributed by atoms with Gasteiger partial charge in [0.25, 0.3) is 5.91 Å². The average molecular weight is 542 g/mol. The molecule has 0 radical (unpaired) electrons. The number of piperazine rings is 1. The fourth-order valence-electron chi connectivity index (χ4n) is 4.33. The van der Waals surface area contributed by atoms with Crippen molar-refractivity contribution in [3.63, 3.8) is 0 Å². The zero-order chi connectivity index (χ0) is 27.7. The molecule has 1 fully saturated rings. The van der Waals surface area contributed by atoms with Crippen LogP contribution in [0, 0.1) is 5.82 Å². The van der Waals surface area contributed by atoms with Crippen LogP contribution < -0.4 is 0 Å². The van der Waals surface area contributed by atoms with Crippen molar-refractivity contribution in [1.29, 1.82) is 0 Å². The number of carbonyl (C=O) groups is 2. The van der Waals surface area contributed by atoms with Gasteiger partial charge in [0.15, 0.2) is 5.65 Å². The van der Waals surface area contributed by atoms with E-state index in [1.54, 1.807) is 31.3 Å². The van der Waals surface area contributed by atoms with Crippen molar-refractivity contribution in [2.75, 3.05) is 19.6 Å². The van der Waals surface area contributed by atoms with Gasteiger partial charge in [0, 0.05) is 37.4 Å². The van der Waals surface area contributed by atoms with Crippen LogP contribution in [0.15, 0.2) is 60.9 Å². The van der Waals surface area contributed by atoms with Gasteiger partial charge in [-0.1, -0.05) is 6.07 Å². The highest BCUT2D eigenvalue weighted by Crippen LogP contribution is 2.34. The molecular formula is C26H22F4N6O3. The molecule has 0 saturated carbocycles. The summed E-state index contributed by atoms with van der Waals surface area (Å²) in [4.78, 5) is 36.7. The molecule has 202 valence electrons. The van der Waals surface area contributed by atoms with E-state index in [0.29, 0.717) is 5.69 Å². The lowest BCUT2D eigenvalue weighted by molar-refractivity contribution is -0.136. The molecule has 0 aliphatic carbocycles. The highest BCUT2D eigenvalue weighted by molar-refractivity contribution is 5.93. The minimum absolute atomic E-state index is 0.00122. The second-order valence-corrected chi connectivity index (χ2v) is 9.01. The van der Waals surface area contributed by atoms with E-state index >= 15 is 0 Å². The Morgan fingerprint density at radius 2 is 1.87 bits per heavy atom. The van der Waals surface area contributed by atoms with Crippen LogP contribution in [0.2, 0.25) is 0 Å². The Labute approximate surface area is 219 Å². The summed E-state index contributed by atoms with van der Waals surface area (Å²) in [5, 5.41) is 4.18. The van der Waals surface area contributed by atoms with Gasteiger partial charge < -0.3 is 14.5 Å². The van der Waals surface area contributed by atoms with Crippen LogP contribution in [0.1, 0.15) is 28.7 Å². The molecule has 3 aromatic heterocycles. The van der Waals surface area contributed by atoms with Crippen molar-refractivity contribution >= 4 is 17.6 Å². The number of carbonyl (C=O) groups excluding carboxylic acids is 2. The van der Waals surface area contributed by atoms with Crippen LogP contribution in [0.25, 0.3) is 16.9 Å². The fraction of sp³-hybridized carbons (Fsp3) is 0.269. The summed E-state index contributed by atoms with van der Waals surface area (Å²) in [6, 6.07) is 10.5. The molecule has 4 heterocycles. The third kappa shape index (κ3) is 5.52. The molecule has 5 rings (SSSR count). The van der Waals surface area contributed by atoms with E-state index in [2.05, 4.69) is 15.1 Å². The fourth-order valence-corrected chi connectivity index (χ4v) is 4.33. The van der Waals surface area contributed by atoms with Gasteiger partial charge in [0.05, 0.1) is 17.6 Å². The lowest BCUT2D eigenvalue weighted by atomic mass is 10.1. The molecule has 0 spiro atoms. The summed E-state index contributed by atoms with van der Waals surface area (Å²) in [7, 11) is 0. The van der Waals surface area contributed by atoms with Crippen molar-refractivity contribution in [3.05, 3.63) is 83.7 Å². The predicted molar refractivity (Wildman–Crippen MR) is 130 cm³/mol. The Kier molecular flexibility index (Phi) is 6.89. The maximum absolute atomic E-state index is 13.9. The van der Waals surface area contributed by atoms with Gasteiger partial charge in [-0.15, -0.1) is 0 Å². The van der Waals surface area contributed by atoms with Crippen molar-refractivity contribution in [3.8, 4) is 11.3 Å². The maximum atomic E-state index is 13.9. The smallest absolute Gasteiger partial charge is 0.420 e.